The van der Waals surface area contributed by atoms with Gasteiger partial charge in [-0.05, 0) is 37.1 Å². The maximum Gasteiger partial charge on any atom is 0.244 e. The van der Waals surface area contributed by atoms with E-state index in [1.54, 1.807) is 30.3 Å². The van der Waals surface area contributed by atoms with Crippen molar-refractivity contribution in [3.63, 3.8) is 0 Å². The van der Waals surface area contributed by atoms with Crippen LogP contribution in [0.1, 0.15) is 18.4 Å². The first-order chi connectivity index (χ1) is 12.4. The summed E-state index contributed by atoms with van der Waals surface area (Å²) in [5.74, 6) is 0.423. The molecule has 0 unspecified atom stereocenters. The Balaban J connectivity index is 1.71. The number of sulfonamides is 1. The molecule has 1 saturated heterocycles. The van der Waals surface area contributed by atoms with Crippen LogP contribution in [0.2, 0.25) is 10.0 Å². The molecule has 0 aliphatic carbocycles. The van der Waals surface area contributed by atoms with Gasteiger partial charge < -0.3 is 4.74 Å². The first-order valence-electron chi connectivity index (χ1n) is 8.03. The largest absolute Gasteiger partial charge is 0.487 e. The van der Waals surface area contributed by atoms with E-state index in [1.165, 1.54) is 16.4 Å². The van der Waals surface area contributed by atoms with Gasteiger partial charge in [0, 0.05) is 13.1 Å². The quantitative estimate of drug-likeness (QED) is 0.760. The highest BCUT2D eigenvalue weighted by atomic mass is 35.5. The van der Waals surface area contributed by atoms with Crippen molar-refractivity contribution in [2.75, 3.05) is 13.1 Å². The van der Waals surface area contributed by atoms with Crippen molar-refractivity contribution in [3.8, 4) is 11.8 Å². The Kier molecular flexibility index (Phi) is 5.73. The highest BCUT2D eigenvalue weighted by Crippen LogP contribution is 2.35. The minimum atomic E-state index is -3.71. The minimum Gasteiger partial charge on any atom is -0.487 e. The Morgan fingerprint density at radius 1 is 1.04 bits per heavy atom. The third-order valence-electron chi connectivity index (χ3n) is 4.23. The molecule has 136 valence electrons. The normalized spacial score (nSPS) is 16.2. The van der Waals surface area contributed by atoms with E-state index in [4.69, 9.17) is 33.2 Å². The summed E-state index contributed by atoms with van der Waals surface area (Å²) < 4.78 is 32.9. The second-order valence-electron chi connectivity index (χ2n) is 5.88. The van der Waals surface area contributed by atoms with Crippen molar-refractivity contribution in [2.24, 2.45) is 0 Å². The van der Waals surface area contributed by atoms with Crippen LogP contribution >= 0.6 is 23.2 Å². The Bertz CT molecular complexity index is 929. The third kappa shape index (κ3) is 3.81. The highest BCUT2D eigenvalue weighted by molar-refractivity contribution is 7.89. The molecule has 0 spiro atoms. The molecule has 8 heteroatoms. The first-order valence-corrected chi connectivity index (χ1v) is 10.2. The van der Waals surface area contributed by atoms with Gasteiger partial charge in [-0.1, -0.05) is 41.4 Å². The van der Waals surface area contributed by atoms with Crippen LogP contribution in [0.3, 0.4) is 0 Å². The SMILES string of the molecule is N#Cc1ccccc1S(=O)(=O)N1CCC(Oc2c(Cl)cccc2Cl)CC1. The number of rotatable bonds is 4. The molecule has 2 aromatic carbocycles. The number of para-hydroxylation sites is 1. The molecule has 1 fully saturated rings. The summed E-state index contributed by atoms with van der Waals surface area (Å²) in [5.41, 5.74) is 0.147. The van der Waals surface area contributed by atoms with Crippen molar-refractivity contribution in [3.05, 3.63) is 58.1 Å². The van der Waals surface area contributed by atoms with E-state index in [9.17, 15) is 8.42 Å². The first kappa shape index (κ1) is 19.0. The van der Waals surface area contributed by atoms with Gasteiger partial charge >= 0.3 is 0 Å². The number of hydrogen-bond donors (Lipinski definition) is 0. The van der Waals surface area contributed by atoms with E-state index in [2.05, 4.69) is 0 Å². The lowest BCUT2D eigenvalue weighted by Crippen LogP contribution is -2.42. The van der Waals surface area contributed by atoms with Gasteiger partial charge in [0.1, 0.15) is 12.2 Å². The highest BCUT2D eigenvalue weighted by Gasteiger charge is 2.32. The number of nitrogens with zero attached hydrogens (tertiary/aromatic N) is 2. The maximum atomic E-state index is 12.8. The number of benzene rings is 2. The van der Waals surface area contributed by atoms with Crippen LogP contribution in [-0.2, 0) is 10.0 Å². The van der Waals surface area contributed by atoms with Gasteiger partial charge in [-0.3, -0.25) is 0 Å². The Morgan fingerprint density at radius 2 is 1.65 bits per heavy atom. The molecule has 1 aliphatic heterocycles. The number of piperidine rings is 1. The molecule has 0 N–H and O–H groups in total. The molecular weight excluding hydrogens is 395 g/mol. The fourth-order valence-corrected chi connectivity index (χ4v) is 4.97. The van der Waals surface area contributed by atoms with Crippen LogP contribution < -0.4 is 4.74 Å². The predicted octanol–water partition coefficient (Wildman–Crippen LogP) is 4.10. The van der Waals surface area contributed by atoms with Gasteiger partial charge in [0.25, 0.3) is 0 Å². The molecule has 0 saturated carbocycles. The zero-order valence-electron chi connectivity index (χ0n) is 13.7. The van der Waals surface area contributed by atoms with E-state index in [0.717, 1.165) is 0 Å². The molecular formula is C18H16Cl2N2O3S. The summed E-state index contributed by atoms with van der Waals surface area (Å²) in [6.07, 6.45) is 0.843. The van der Waals surface area contributed by atoms with Crippen LogP contribution in [0, 0.1) is 11.3 Å². The lowest BCUT2D eigenvalue weighted by Gasteiger charge is -2.32. The number of hydrogen-bond acceptors (Lipinski definition) is 4. The Morgan fingerprint density at radius 3 is 2.27 bits per heavy atom. The second kappa shape index (κ2) is 7.85. The van der Waals surface area contributed by atoms with Crippen LogP contribution in [0.5, 0.6) is 5.75 Å². The van der Waals surface area contributed by atoms with Crippen LogP contribution in [0.15, 0.2) is 47.4 Å². The van der Waals surface area contributed by atoms with E-state index in [0.29, 0.717) is 41.7 Å². The second-order valence-corrected chi connectivity index (χ2v) is 8.60. The van der Waals surface area contributed by atoms with Gasteiger partial charge in [0.2, 0.25) is 10.0 Å². The Hall–Kier alpha value is -1.78. The lowest BCUT2D eigenvalue weighted by atomic mass is 10.1. The molecule has 26 heavy (non-hydrogen) atoms. The fourth-order valence-electron chi connectivity index (χ4n) is 2.88. The molecule has 0 amide bonds. The van der Waals surface area contributed by atoms with Crippen molar-refractivity contribution < 1.29 is 13.2 Å². The van der Waals surface area contributed by atoms with Gasteiger partial charge in [-0.25, -0.2) is 8.42 Å². The molecule has 0 radical (unpaired) electrons. The van der Waals surface area contributed by atoms with Crippen LogP contribution in [0.4, 0.5) is 0 Å². The molecule has 0 bridgehead atoms. The summed E-state index contributed by atoms with van der Waals surface area (Å²) in [5, 5.41) is 10.0. The summed E-state index contributed by atoms with van der Waals surface area (Å²) >= 11 is 12.2. The standard InChI is InChI=1S/C18H16Cl2N2O3S/c19-15-5-3-6-16(20)18(15)25-14-8-10-22(11-9-14)26(23,24)17-7-2-1-4-13(17)12-21/h1-7,14H,8-11H2. The summed E-state index contributed by atoms with van der Waals surface area (Å²) in [4.78, 5) is 0.0380. The van der Waals surface area contributed by atoms with Gasteiger partial charge in [0.15, 0.2) is 5.75 Å². The predicted molar refractivity (Wildman–Crippen MR) is 100 cm³/mol. The van der Waals surface area contributed by atoms with E-state index in [-0.39, 0.29) is 16.6 Å². The zero-order chi connectivity index (χ0) is 18.7. The third-order valence-corrected chi connectivity index (χ3v) is 6.78. The minimum absolute atomic E-state index is 0.0380. The molecule has 0 atom stereocenters. The zero-order valence-corrected chi connectivity index (χ0v) is 16.1. The molecule has 2 aromatic rings. The molecule has 3 rings (SSSR count). The summed E-state index contributed by atoms with van der Waals surface area (Å²) in [7, 11) is -3.71. The Labute approximate surface area is 162 Å². The van der Waals surface area contributed by atoms with Gasteiger partial charge in [-0.2, -0.15) is 9.57 Å². The molecule has 0 aromatic heterocycles. The van der Waals surface area contributed by atoms with E-state index in [1.807, 2.05) is 6.07 Å². The van der Waals surface area contributed by atoms with Gasteiger partial charge in [0.05, 0.1) is 20.5 Å². The van der Waals surface area contributed by atoms with Crippen molar-refractivity contribution in [2.45, 2.75) is 23.8 Å². The maximum absolute atomic E-state index is 12.8. The average Bonchev–Trinajstić information content (AvgIpc) is 2.65. The monoisotopic (exact) mass is 410 g/mol. The smallest absolute Gasteiger partial charge is 0.244 e. The van der Waals surface area contributed by atoms with Crippen LogP contribution in [-0.4, -0.2) is 31.9 Å². The summed E-state index contributed by atoms with van der Waals surface area (Å²) in [6, 6.07) is 13.3. The molecule has 1 heterocycles. The molecule has 5 nitrogen and oxygen atoms in total. The van der Waals surface area contributed by atoms with Crippen molar-refractivity contribution in [1.82, 2.24) is 4.31 Å². The fraction of sp³-hybridized carbons (Fsp3) is 0.278. The average molecular weight is 411 g/mol. The van der Waals surface area contributed by atoms with Crippen molar-refractivity contribution >= 4 is 33.2 Å². The topological polar surface area (TPSA) is 70.4 Å². The number of ether oxygens (including phenoxy) is 1. The lowest BCUT2D eigenvalue weighted by molar-refractivity contribution is 0.135. The van der Waals surface area contributed by atoms with Crippen LogP contribution in [0.25, 0.3) is 0 Å². The van der Waals surface area contributed by atoms with Gasteiger partial charge in [-0.15, -0.1) is 0 Å². The van der Waals surface area contributed by atoms with E-state index < -0.39 is 10.0 Å². The van der Waals surface area contributed by atoms with Crippen molar-refractivity contribution in [1.29, 1.82) is 5.26 Å². The van der Waals surface area contributed by atoms with E-state index >= 15 is 0 Å². The number of halogens is 2. The number of nitriles is 1. The summed E-state index contributed by atoms with van der Waals surface area (Å²) in [6.45, 7) is 0.601. The molecule has 1 aliphatic rings.